The van der Waals surface area contributed by atoms with E-state index in [4.69, 9.17) is 11.6 Å². The summed E-state index contributed by atoms with van der Waals surface area (Å²) in [6.07, 6.45) is -1.07. The van der Waals surface area contributed by atoms with Crippen LogP contribution in [0.4, 0.5) is 13.2 Å². The molecule has 1 amide bonds. The standard InChI is InChI=1S/C21H21ClF3N5O/c1-20(2,3)30-12-16(11-28-30)18(31)27-10-14-5-4-13(8-15(14)9-21(23,24)25)17-6-7-26-19(22)29-17/h4-8,11-12H,9-10H2,1-3H3,(H,27,31). The number of nitrogens with zero attached hydrogens (tertiary/aromatic N) is 4. The molecule has 31 heavy (non-hydrogen) atoms. The van der Waals surface area contributed by atoms with E-state index < -0.39 is 18.5 Å². The molecule has 0 fully saturated rings. The number of amides is 1. The second-order valence-corrected chi connectivity index (χ2v) is 8.35. The third kappa shape index (κ3) is 6.04. The van der Waals surface area contributed by atoms with Crippen LogP contribution < -0.4 is 5.32 Å². The highest BCUT2D eigenvalue weighted by molar-refractivity contribution is 6.28. The predicted octanol–water partition coefficient (Wildman–Crippen LogP) is 4.78. The number of carbonyl (C=O) groups excluding carboxylic acids is 1. The minimum absolute atomic E-state index is 0.00187. The minimum atomic E-state index is -4.41. The summed E-state index contributed by atoms with van der Waals surface area (Å²) in [5.74, 6) is -0.417. The summed E-state index contributed by atoms with van der Waals surface area (Å²) in [6.45, 7) is 5.77. The molecule has 3 aromatic rings. The van der Waals surface area contributed by atoms with Crippen molar-refractivity contribution in [2.45, 2.75) is 45.5 Å². The Balaban J connectivity index is 1.82. The molecule has 3 rings (SSSR count). The van der Waals surface area contributed by atoms with E-state index in [2.05, 4.69) is 20.4 Å². The quantitative estimate of drug-likeness (QED) is 0.566. The SMILES string of the molecule is CC(C)(C)n1cc(C(=O)NCc2ccc(-c3ccnc(Cl)n3)cc2CC(F)(F)F)cn1. The van der Waals surface area contributed by atoms with Gasteiger partial charge in [0.1, 0.15) is 0 Å². The van der Waals surface area contributed by atoms with Gasteiger partial charge in [0, 0.05) is 24.5 Å². The van der Waals surface area contributed by atoms with Crippen molar-refractivity contribution in [1.29, 1.82) is 0 Å². The molecule has 164 valence electrons. The van der Waals surface area contributed by atoms with Crippen molar-refractivity contribution >= 4 is 17.5 Å². The first-order valence-corrected chi connectivity index (χ1v) is 9.81. The molecule has 0 bridgehead atoms. The fourth-order valence-corrected chi connectivity index (χ4v) is 3.07. The van der Waals surface area contributed by atoms with Gasteiger partial charge in [-0.25, -0.2) is 9.97 Å². The lowest BCUT2D eigenvalue weighted by atomic mass is 9.99. The number of hydrogen-bond acceptors (Lipinski definition) is 4. The maximum absolute atomic E-state index is 13.2. The molecule has 0 spiro atoms. The van der Waals surface area contributed by atoms with Gasteiger partial charge in [-0.05, 0) is 55.6 Å². The molecule has 0 unspecified atom stereocenters. The van der Waals surface area contributed by atoms with Crippen LogP contribution in [0.25, 0.3) is 11.3 Å². The molecule has 0 aliphatic rings. The molecular formula is C21H21ClF3N5O. The van der Waals surface area contributed by atoms with Gasteiger partial charge in [0.15, 0.2) is 0 Å². The number of carbonyl (C=O) groups is 1. The summed E-state index contributed by atoms with van der Waals surface area (Å²) < 4.78 is 41.1. The fraction of sp³-hybridized carbons (Fsp3) is 0.333. The highest BCUT2D eigenvalue weighted by Gasteiger charge is 2.29. The first-order chi connectivity index (χ1) is 14.4. The highest BCUT2D eigenvalue weighted by atomic mass is 35.5. The van der Waals surface area contributed by atoms with Crippen molar-refractivity contribution in [3.63, 3.8) is 0 Å². The lowest BCUT2D eigenvalue weighted by Gasteiger charge is -2.18. The van der Waals surface area contributed by atoms with Crippen molar-refractivity contribution in [3.05, 3.63) is 64.8 Å². The Morgan fingerprint density at radius 2 is 1.90 bits per heavy atom. The molecule has 1 N–H and O–H groups in total. The summed E-state index contributed by atoms with van der Waals surface area (Å²) in [4.78, 5) is 20.3. The van der Waals surface area contributed by atoms with E-state index in [1.54, 1.807) is 29.1 Å². The van der Waals surface area contributed by atoms with Crippen LogP contribution in [0.1, 0.15) is 42.3 Å². The van der Waals surface area contributed by atoms with Gasteiger partial charge in [-0.1, -0.05) is 12.1 Å². The first kappa shape index (κ1) is 22.7. The maximum Gasteiger partial charge on any atom is 0.393 e. The highest BCUT2D eigenvalue weighted by Crippen LogP contribution is 2.28. The molecule has 0 aliphatic carbocycles. The van der Waals surface area contributed by atoms with Crippen LogP contribution in [0.5, 0.6) is 0 Å². The molecule has 1 aromatic carbocycles. The van der Waals surface area contributed by atoms with Crippen LogP contribution in [0.2, 0.25) is 5.28 Å². The van der Waals surface area contributed by atoms with Gasteiger partial charge in [-0.2, -0.15) is 18.3 Å². The average molecular weight is 452 g/mol. The normalized spacial score (nSPS) is 12.1. The van der Waals surface area contributed by atoms with Gasteiger partial charge in [0.2, 0.25) is 5.28 Å². The van der Waals surface area contributed by atoms with Crippen molar-refractivity contribution in [2.75, 3.05) is 0 Å². The predicted molar refractivity (Wildman–Crippen MR) is 111 cm³/mol. The Bertz CT molecular complexity index is 1090. The van der Waals surface area contributed by atoms with E-state index in [-0.39, 0.29) is 22.9 Å². The third-order valence-corrected chi connectivity index (χ3v) is 4.67. The number of benzene rings is 1. The van der Waals surface area contributed by atoms with Gasteiger partial charge < -0.3 is 5.32 Å². The number of hydrogen-bond donors (Lipinski definition) is 1. The van der Waals surface area contributed by atoms with Crippen molar-refractivity contribution in [2.24, 2.45) is 0 Å². The second-order valence-electron chi connectivity index (χ2n) is 8.01. The number of aromatic nitrogens is 4. The van der Waals surface area contributed by atoms with Crippen LogP contribution in [0, 0.1) is 0 Å². The number of nitrogens with one attached hydrogen (secondary N) is 1. The first-order valence-electron chi connectivity index (χ1n) is 9.43. The van der Waals surface area contributed by atoms with Crippen LogP contribution >= 0.6 is 11.6 Å². The van der Waals surface area contributed by atoms with Crippen LogP contribution in [-0.2, 0) is 18.5 Å². The molecule has 6 nitrogen and oxygen atoms in total. The second kappa shape index (κ2) is 8.66. The lowest BCUT2D eigenvalue weighted by molar-refractivity contribution is -0.127. The van der Waals surface area contributed by atoms with E-state index in [0.717, 1.165) is 0 Å². The molecule has 0 saturated heterocycles. The molecule has 0 saturated carbocycles. The monoisotopic (exact) mass is 451 g/mol. The van der Waals surface area contributed by atoms with Crippen LogP contribution in [0.15, 0.2) is 42.9 Å². The van der Waals surface area contributed by atoms with Gasteiger partial charge in [-0.3, -0.25) is 9.48 Å². The summed E-state index contributed by atoms with van der Waals surface area (Å²) in [5, 5.41) is 6.84. The Kier molecular flexibility index (Phi) is 6.35. The fourth-order valence-electron chi connectivity index (χ4n) is 2.92. The molecule has 10 heteroatoms. The van der Waals surface area contributed by atoms with E-state index in [9.17, 15) is 18.0 Å². The lowest BCUT2D eigenvalue weighted by Crippen LogP contribution is -2.25. The van der Waals surface area contributed by atoms with Crippen molar-refractivity contribution < 1.29 is 18.0 Å². The van der Waals surface area contributed by atoms with Gasteiger partial charge in [0.25, 0.3) is 5.91 Å². The van der Waals surface area contributed by atoms with Crippen molar-refractivity contribution in [3.8, 4) is 11.3 Å². The molecule has 2 aromatic heterocycles. The zero-order chi connectivity index (χ0) is 22.8. The smallest absolute Gasteiger partial charge is 0.348 e. The molecule has 0 atom stereocenters. The minimum Gasteiger partial charge on any atom is -0.348 e. The Labute approximate surface area is 182 Å². The van der Waals surface area contributed by atoms with Crippen LogP contribution in [-0.4, -0.2) is 31.8 Å². The van der Waals surface area contributed by atoms with Gasteiger partial charge in [0.05, 0.1) is 29.4 Å². The van der Waals surface area contributed by atoms with Crippen LogP contribution in [0.3, 0.4) is 0 Å². The zero-order valence-corrected chi connectivity index (χ0v) is 17.9. The average Bonchev–Trinajstić information content (AvgIpc) is 3.16. The van der Waals surface area contributed by atoms with Crippen molar-refractivity contribution in [1.82, 2.24) is 25.1 Å². The molecule has 2 heterocycles. The Morgan fingerprint density at radius 1 is 1.16 bits per heavy atom. The number of alkyl halides is 3. The van der Waals surface area contributed by atoms with E-state index in [1.807, 2.05) is 20.8 Å². The number of halogens is 4. The van der Waals surface area contributed by atoms with E-state index >= 15 is 0 Å². The maximum atomic E-state index is 13.2. The Morgan fingerprint density at radius 3 is 2.52 bits per heavy atom. The zero-order valence-electron chi connectivity index (χ0n) is 17.2. The molecular weight excluding hydrogens is 431 g/mol. The Hall–Kier alpha value is -2.94. The topological polar surface area (TPSA) is 72.7 Å². The summed E-state index contributed by atoms with van der Waals surface area (Å²) in [5.41, 5.74) is 1.33. The third-order valence-electron chi connectivity index (χ3n) is 4.49. The summed E-state index contributed by atoms with van der Waals surface area (Å²) in [6, 6.07) is 6.15. The largest absolute Gasteiger partial charge is 0.393 e. The summed E-state index contributed by atoms with van der Waals surface area (Å²) >= 11 is 5.79. The summed E-state index contributed by atoms with van der Waals surface area (Å²) in [7, 11) is 0. The van der Waals surface area contributed by atoms with E-state index in [1.165, 1.54) is 18.5 Å². The number of rotatable bonds is 5. The molecule has 0 radical (unpaired) electrons. The molecule has 0 aliphatic heterocycles. The van der Waals surface area contributed by atoms with E-state index in [0.29, 0.717) is 22.4 Å². The van der Waals surface area contributed by atoms with Gasteiger partial charge in [-0.15, -0.1) is 0 Å². The van der Waals surface area contributed by atoms with Gasteiger partial charge >= 0.3 is 6.18 Å².